The highest BCUT2D eigenvalue weighted by atomic mass is 16.8. The Bertz CT molecular complexity index is 1380. The highest BCUT2D eigenvalue weighted by molar-refractivity contribution is 5.18. The number of hydrogen-bond donors (Lipinski definition) is 10. The fourth-order valence-corrected chi connectivity index (χ4v) is 13.3. The van der Waals surface area contributed by atoms with Crippen LogP contribution in [0.5, 0.6) is 0 Å². The molecule has 2 aliphatic heterocycles. The maximum absolute atomic E-state index is 12.2. The van der Waals surface area contributed by atoms with E-state index >= 15 is 0 Å². The van der Waals surface area contributed by atoms with E-state index in [0.29, 0.717) is 25.2 Å². The summed E-state index contributed by atoms with van der Waals surface area (Å²) in [6, 6.07) is 0. The largest absolute Gasteiger partial charge is 0.396 e. The van der Waals surface area contributed by atoms with Crippen molar-refractivity contribution in [3.05, 3.63) is 11.6 Å². The molecule has 2 saturated heterocycles. The molecule has 324 valence electrons. The Morgan fingerprint density at radius 3 is 1.93 bits per heavy atom. The molecule has 0 spiro atoms. The first-order chi connectivity index (χ1) is 26.3. The first-order valence-corrected chi connectivity index (χ1v) is 21.1. The van der Waals surface area contributed by atoms with Crippen LogP contribution in [0.3, 0.4) is 0 Å². The average Bonchev–Trinajstić information content (AvgIpc) is 3.16. The molecule has 0 radical (unpaired) electrons. The number of aliphatic hydroxyl groups excluding tert-OH is 10. The van der Waals surface area contributed by atoms with Crippen LogP contribution < -0.4 is 0 Å². The van der Waals surface area contributed by atoms with Crippen LogP contribution in [0.25, 0.3) is 0 Å². The number of fused-ring (bicyclic) bond motifs is 5. The zero-order valence-electron chi connectivity index (χ0n) is 34.2. The monoisotopic (exact) mass is 800 g/mol. The van der Waals surface area contributed by atoms with E-state index in [1.807, 2.05) is 13.0 Å². The topological polar surface area (TPSA) is 239 Å². The van der Waals surface area contributed by atoms with Crippen molar-refractivity contribution >= 4 is 0 Å². The fourth-order valence-electron chi connectivity index (χ4n) is 13.3. The van der Waals surface area contributed by atoms with Gasteiger partial charge in [0.1, 0.15) is 48.8 Å². The summed E-state index contributed by atoms with van der Waals surface area (Å²) in [4.78, 5) is 0. The fraction of sp³-hybridized carbons (Fsp3) is 0.952. The second kappa shape index (κ2) is 16.6. The van der Waals surface area contributed by atoms with E-state index < -0.39 is 97.7 Å². The van der Waals surface area contributed by atoms with E-state index in [-0.39, 0.29) is 41.3 Å². The van der Waals surface area contributed by atoms with Crippen molar-refractivity contribution in [1.82, 2.24) is 0 Å². The van der Waals surface area contributed by atoms with E-state index in [1.54, 1.807) is 0 Å². The van der Waals surface area contributed by atoms with Crippen LogP contribution in [-0.4, -0.2) is 151 Å². The summed E-state index contributed by atoms with van der Waals surface area (Å²) in [5.74, 6) is 0.671. The Hall–Kier alpha value is -0.820. The zero-order chi connectivity index (χ0) is 41.2. The third-order valence-corrected chi connectivity index (χ3v) is 17.0. The van der Waals surface area contributed by atoms with Gasteiger partial charge in [0.05, 0.1) is 38.6 Å². The summed E-state index contributed by atoms with van der Waals surface area (Å²) in [5, 5.41) is 106. The van der Waals surface area contributed by atoms with Gasteiger partial charge in [0.15, 0.2) is 12.6 Å². The summed E-state index contributed by atoms with van der Waals surface area (Å²) in [7, 11) is 0. The van der Waals surface area contributed by atoms with Gasteiger partial charge in [-0.15, -0.1) is 0 Å². The van der Waals surface area contributed by atoms with Crippen LogP contribution >= 0.6 is 0 Å². The second-order valence-corrected chi connectivity index (χ2v) is 19.9. The third-order valence-electron chi connectivity index (χ3n) is 17.0. The lowest BCUT2D eigenvalue weighted by Crippen LogP contribution is -2.68. The van der Waals surface area contributed by atoms with Crippen molar-refractivity contribution < 1.29 is 70.0 Å². The normalized spacial score (nSPS) is 52.1. The number of allylic oxidation sites excluding steroid dienone is 1. The van der Waals surface area contributed by atoms with Gasteiger partial charge >= 0.3 is 0 Å². The molecule has 0 aromatic carbocycles. The van der Waals surface area contributed by atoms with Gasteiger partial charge in [-0.2, -0.15) is 0 Å². The summed E-state index contributed by atoms with van der Waals surface area (Å²) >= 11 is 0. The predicted octanol–water partition coefficient (Wildman–Crippen LogP) is 1.12. The van der Waals surface area contributed by atoms with Gasteiger partial charge in [-0.1, -0.05) is 46.3 Å². The molecule has 4 saturated carbocycles. The molecule has 0 aromatic heterocycles. The number of hydrogen-bond acceptors (Lipinski definition) is 14. The van der Waals surface area contributed by atoms with Crippen molar-refractivity contribution in [3.63, 3.8) is 0 Å². The van der Waals surface area contributed by atoms with Crippen molar-refractivity contribution in [2.45, 2.75) is 179 Å². The summed E-state index contributed by atoms with van der Waals surface area (Å²) in [6.45, 7) is 12.2. The van der Waals surface area contributed by atoms with Crippen LogP contribution in [0, 0.1) is 44.8 Å². The van der Waals surface area contributed by atoms with E-state index in [9.17, 15) is 51.1 Å². The van der Waals surface area contributed by atoms with Gasteiger partial charge in [-0.3, -0.25) is 0 Å². The lowest BCUT2D eigenvalue weighted by Gasteiger charge is -2.72. The van der Waals surface area contributed by atoms with Crippen LogP contribution in [0.4, 0.5) is 0 Å². The molecule has 0 aromatic rings. The van der Waals surface area contributed by atoms with E-state index in [1.165, 1.54) is 0 Å². The molecular formula is C42H72O14. The number of aliphatic hydroxyl groups is 10. The standard InChI is InChI=1S/C42H72O14/c1-22(18-43)8-7-13-42(21-46)17-16-40(5)23(35(42)52)9-10-27-39(4)14-12-28(38(2,3)26(39)11-15-41(27,40)6)55-37-34(32(50)30(48)25(20-45)54-37)56-36-33(51)31(49)29(47)24(19-44)53-36/h8,23-37,43-52H,7,9-21H2,1-6H3/b22-8-/t23-,24?,25?,26+,27-,28+,29?,30?,31?,32?,33?,34?,35-,36?,37?,39+,40-,41-,42-/m1/s1. The molecule has 2 heterocycles. The van der Waals surface area contributed by atoms with Crippen molar-refractivity contribution in [1.29, 1.82) is 0 Å². The molecule has 6 aliphatic rings. The Kier molecular flexibility index (Phi) is 13.2. The zero-order valence-corrected chi connectivity index (χ0v) is 34.2. The second-order valence-electron chi connectivity index (χ2n) is 19.9. The molecule has 0 amide bonds. The SMILES string of the molecule is C/C(=C/CC[C@]1(CO)CC[C@]2(C)[C@H](CC[C@@H]3[C@@]4(C)CC[C@H](OC5OC(CO)C(O)C(O)C5OC5OC(CO)C(O)C(O)C5O)C(C)(C)[C@@H]4CC[C@]32C)[C@H]1O)CO. The quantitative estimate of drug-likeness (QED) is 0.104. The molecular weight excluding hydrogens is 728 g/mol. The Morgan fingerprint density at radius 2 is 1.30 bits per heavy atom. The molecule has 10 unspecified atom stereocenters. The van der Waals surface area contributed by atoms with Crippen LogP contribution in [-0.2, 0) is 18.9 Å². The lowest BCUT2D eigenvalue weighted by atomic mass is 9.33. The molecule has 6 rings (SSSR count). The highest BCUT2D eigenvalue weighted by Crippen LogP contribution is 2.75. The van der Waals surface area contributed by atoms with Gasteiger partial charge in [-0.05, 0) is 111 Å². The third kappa shape index (κ3) is 7.16. The number of ether oxygens (including phenoxy) is 4. The van der Waals surface area contributed by atoms with Crippen LogP contribution in [0.2, 0.25) is 0 Å². The molecule has 10 N–H and O–H groups in total. The lowest BCUT2D eigenvalue weighted by molar-refractivity contribution is -0.378. The summed E-state index contributed by atoms with van der Waals surface area (Å²) in [5.41, 5.74) is -0.313. The Balaban J connectivity index is 1.21. The Morgan fingerprint density at radius 1 is 0.661 bits per heavy atom. The van der Waals surface area contributed by atoms with Gasteiger partial charge in [-0.25, -0.2) is 0 Å². The maximum atomic E-state index is 12.2. The molecule has 4 aliphatic carbocycles. The van der Waals surface area contributed by atoms with Gasteiger partial charge in [0.25, 0.3) is 0 Å². The summed E-state index contributed by atoms with van der Waals surface area (Å²) in [6.07, 6.45) is -5.77. The minimum absolute atomic E-state index is 0.00480. The van der Waals surface area contributed by atoms with Gasteiger partial charge in [0, 0.05) is 5.41 Å². The highest BCUT2D eigenvalue weighted by Gasteiger charge is 2.70. The smallest absolute Gasteiger partial charge is 0.187 e. The molecule has 0 bridgehead atoms. The average molecular weight is 801 g/mol. The minimum Gasteiger partial charge on any atom is -0.396 e. The molecule has 14 nitrogen and oxygen atoms in total. The van der Waals surface area contributed by atoms with Crippen molar-refractivity contribution in [2.24, 2.45) is 44.8 Å². The van der Waals surface area contributed by atoms with Crippen molar-refractivity contribution in [2.75, 3.05) is 26.4 Å². The van der Waals surface area contributed by atoms with Crippen LogP contribution in [0.1, 0.15) is 106 Å². The van der Waals surface area contributed by atoms with Crippen LogP contribution in [0.15, 0.2) is 11.6 Å². The minimum atomic E-state index is -1.75. The Labute approximate surface area is 331 Å². The van der Waals surface area contributed by atoms with E-state index in [4.69, 9.17) is 18.9 Å². The van der Waals surface area contributed by atoms with Gasteiger partial charge < -0.3 is 70.0 Å². The first-order valence-electron chi connectivity index (χ1n) is 21.1. The van der Waals surface area contributed by atoms with E-state index in [0.717, 1.165) is 50.5 Å². The van der Waals surface area contributed by atoms with E-state index in [2.05, 4.69) is 34.6 Å². The molecule has 56 heavy (non-hydrogen) atoms. The van der Waals surface area contributed by atoms with Gasteiger partial charge in [0.2, 0.25) is 0 Å². The summed E-state index contributed by atoms with van der Waals surface area (Å²) < 4.78 is 24.4. The molecule has 6 fully saturated rings. The first kappa shape index (κ1) is 44.7. The predicted molar refractivity (Wildman–Crippen MR) is 202 cm³/mol. The number of rotatable bonds is 11. The maximum Gasteiger partial charge on any atom is 0.187 e. The molecule has 14 heteroatoms. The van der Waals surface area contributed by atoms with Crippen molar-refractivity contribution in [3.8, 4) is 0 Å². The molecule has 19 atom stereocenters.